The van der Waals surface area contributed by atoms with Gasteiger partial charge >= 0.3 is 5.97 Å². The Balaban J connectivity index is 1.54. The number of rotatable bonds is 5. The molecular formula is C25H19I2NO3. The molecule has 0 unspecified atom stereocenters. The molecule has 3 aromatic carbocycles. The molecule has 0 saturated heterocycles. The number of hydrogen-bond donors (Lipinski definition) is 0. The molecule has 0 spiro atoms. The summed E-state index contributed by atoms with van der Waals surface area (Å²) in [6, 6.07) is 20.0. The fourth-order valence-electron chi connectivity index (χ4n) is 3.03. The summed E-state index contributed by atoms with van der Waals surface area (Å²) in [7, 11) is 0. The van der Waals surface area contributed by atoms with Crippen molar-refractivity contribution in [3.63, 3.8) is 0 Å². The van der Waals surface area contributed by atoms with E-state index < -0.39 is 5.97 Å². The Bertz CT molecular complexity index is 1170. The summed E-state index contributed by atoms with van der Waals surface area (Å²) >= 11 is 4.51. The highest BCUT2D eigenvalue weighted by atomic mass is 127. The van der Waals surface area contributed by atoms with Gasteiger partial charge < -0.3 is 9.47 Å². The molecule has 0 bridgehead atoms. The van der Waals surface area contributed by atoms with Crippen molar-refractivity contribution in [3.8, 4) is 5.75 Å². The molecule has 0 aromatic heterocycles. The third-order valence-corrected chi connectivity index (χ3v) is 6.35. The average Bonchev–Trinajstić information content (AvgIpc) is 3.09. The molecule has 0 saturated carbocycles. The van der Waals surface area contributed by atoms with E-state index in [0.717, 1.165) is 35.1 Å². The number of benzene rings is 3. The highest BCUT2D eigenvalue weighted by Crippen LogP contribution is 2.31. The second kappa shape index (κ2) is 9.52. The van der Waals surface area contributed by atoms with Crippen molar-refractivity contribution in [1.82, 2.24) is 0 Å². The van der Waals surface area contributed by atoms with Crippen molar-refractivity contribution in [2.24, 2.45) is 4.99 Å². The fourth-order valence-corrected chi connectivity index (χ4v) is 5.15. The molecule has 4 nitrogen and oxygen atoms in total. The van der Waals surface area contributed by atoms with Crippen LogP contribution in [-0.2, 0) is 16.1 Å². The molecule has 31 heavy (non-hydrogen) atoms. The molecule has 0 amide bonds. The highest BCUT2D eigenvalue weighted by Gasteiger charge is 2.24. The zero-order valence-electron chi connectivity index (χ0n) is 17.0. The van der Waals surface area contributed by atoms with Crippen molar-refractivity contribution in [2.45, 2.75) is 20.5 Å². The Morgan fingerprint density at radius 3 is 2.13 bits per heavy atom. The van der Waals surface area contributed by atoms with Crippen LogP contribution in [0.25, 0.3) is 6.08 Å². The third kappa shape index (κ3) is 5.35. The van der Waals surface area contributed by atoms with Gasteiger partial charge in [0.15, 0.2) is 5.70 Å². The lowest BCUT2D eigenvalue weighted by molar-refractivity contribution is -0.129. The maximum atomic E-state index is 12.3. The quantitative estimate of drug-likeness (QED) is 0.185. The first-order valence-electron chi connectivity index (χ1n) is 9.66. The van der Waals surface area contributed by atoms with Crippen LogP contribution in [0.5, 0.6) is 5.75 Å². The maximum Gasteiger partial charge on any atom is 0.363 e. The van der Waals surface area contributed by atoms with Gasteiger partial charge in [0.25, 0.3) is 0 Å². The summed E-state index contributed by atoms with van der Waals surface area (Å²) in [6.07, 6.45) is 1.75. The van der Waals surface area contributed by atoms with Gasteiger partial charge in [-0.25, -0.2) is 9.79 Å². The van der Waals surface area contributed by atoms with Crippen LogP contribution in [0, 0.1) is 21.0 Å². The average molecular weight is 635 g/mol. The van der Waals surface area contributed by atoms with Gasteiger partial charge in [0.2, 0.25) is 5.90 Å². The molecule has 1 aliphatic rings. The van der Waals surface area contributed by atoms with Crippen LogP contribution in [-0.4, -0.2) is 11.9 Å². The fraction of sp³-hybridized carbons (Fsp3) is 0.120. The first-order chi connectivity index (χ1) is 14.9. The standard InChI is InChI=1S/C25H19I2NO3/c1-15-3-7-17(8-4-15)14-30-23-20(26)11-18(12-21(23)27)13-22-25(29)31-24(28-22)19-9-5-16(2)6-10-19/h3-13H,14H2,1-2H3/b22-13-. The molecule has 0 N–H and O–H groups in total. The van der Waals surface area contributed by atoms with E-state index in [0.29, 0.717) is 12.5 Å². The summed E-state index contributed by atoms with van der Waals surface area (Å²) in [5.41, 5.74) is 5.43. The lowest BCUT2D eigenvalue weighted by Gasteiger charge is -2.12. The van der Waals surface area contributed by atoms with Crippen LogP contribution in [0.1, 0.15) is 27.8 Å². The van der Waals surface area contributed by atoms with Gasteiger partial charge in [-0.15, -0.1) is 0 Å². The number of carbonyl (C=O) groups excluding carboxylic acids is 1. The second-order valence-electron chi connectivity index (χ2n) is 7.29. The molecule has 3 aromatic rings. The van der Waals surface area contributed by atoms with Crippen molar-refractivity contribution in [2.75, 3.05) is 0 Å². The first kappa shape index (κ1) is 22.0. The maximum absolute atomic E-state index is 12.3. The largest absolute Gasteiger partial charge is 0.487 e. The minimum Gasteiger partial charge on any atom is -0.487 e. The lowest BCUT2D eigenvalue weighted by Crippen LogP contribution is -2.05. The number of halogens is 2. The van der Waals surface area contributed by atoms with Gasteiger partial charge in [-0.3, -0.25) is 0 Å². The van der Waals surface area contributed by atoms with E-state index in [4.69, 9.17) is 9.47 Å². The van der Waals surface area contributed by atoms with Gasteiger partial charge in [-0.1, -0.05) is 47.5 Å². The van der Waals surface area contributed by atoms with Crippen molar-refractivity contribution < 1.29 is 14.3 Å². The number of carbonyl (C=O) groups is 1. The van der Waals surface area contributed by atoms with E-state index in [9.17, 15) is 4.79 Å². The predicted molar refractivity (Wildman–Crippen MR) is 139 cm³/mol. The Labute approximate surface area is 208 Å². The summed E-state index contributed by atoms with van der Waals surface area (Å²) in [4.78, 5) is 16.7. The zero-order valence-corrected chi connectivity index (χ0v) is 21.3. The van der Waals surface area contributed by atoms with Crippen LogP contribution in [0.2, 0.25) is 0 Å². The molecule has 1 heterocycles. The van der Waals surface area contributed by atoms with Crippen LogP contribution in [0.4, 0.5) is 0 Å². The summed E-state index contributed by atoms with van der Waals surface area (Å²) < 4.78 is 13.4. The van der Waals surface area contributed by atoms with E-state index in [1.165, 1.54) is 5.56 Å². The molecule has 0 aliphatic carbocycles. The molecule has 0 fully saturated rings. The number of esters is 1. The van der Waals surface area contributed by atoms with Crippen LogP contribution in [0.15, 0.2) is 71.4 Å². The van der Waals surface area contributed by atoms with Gasteiger partial charge in [0.05, 0.1) is 7.14 Å². The SMILES string of the molecule is Cc1ccc(COc2c(I)cc(/C=C3\N=C(c4ccc(C)cc4)OC3=O)cc2I)cc1. The van der Waals surface area contributed by atoms with E-state index >= 15 is 0 Å². The van der Waals surface area contributed by atoms with E-state index in [1.54, 1.807) is 6.08 Å². The normalized spacial score (nSPS) is 14.5. The Morgan fingerprint density at radius 2 is 1.52 bits per heavy atom. The first-order valence-corrected chi connectivity index (χ1v) is 11.8. The van der Waals surface area contributed by atoms with Gasteiger partial charge in [-0.2, -0.15) is 0 Å². The van der Waals surface area contributed by atoms with Crippen molar-refractivity contribution in [1.29, 1.82) is 0 Å². The number of aliphatic imine (C=N–C) groups is 1. The van der Waals surface area contributed by atoms with Gasteiger partial charge in [-0.05, 0) is 100 Å². The van der Waals surface area contributed by atoms with Crippen LogP contribution < -0.4 is 4.74 Å². The summed E-state index contributed by atoms with van der Waals surface area (Å²) in [5.74, 6) is 0.723. The van der Waals surface area contributed by atoms with Gasteiger partial charge in [0, 0.05) is 5.56 Å². The topological polar surface area (TPSA) is 47.9 Å². The molecule has 0 atom stereocenters. The second-order valence-corrected chi connectivity index (χ2v) is 9.61. The molecule has 156 valence electrons. The van der Waals surface area contributed by atoms with Crippen molar-refractivity contribution >= 4 is 63.1 Å². The van der Waals surface area contributed by atoms with Gasteiger partial charge in [0.1, 0.15) is 12.4 Å². The number of aryl methyl sites for hydroxylation is 2. The third-order valence-electron chi connectivity index (χ3n) is 4.75. The lowest BCUT2D eigenvalue weighted by atomic mass is 10.1. The smallest absolute Gasteiger partial charge is 0.363 e. The van der Waals surface area contributed by atoms with E-state index in [-0.39, 0.29) is 5.70 Å². The van der Waals surface area contributed by atoms with E-state index in [1.807, 2.05) is 43.3 Å². The minimum atomic E-state index is -0.444. The summed E-state index contributed by atoms with van der Waals surface area (Å²) in [6.45, 7) is 4.58. The molecule has 1 aliphatic heterocycles. The summed E-state index contributed by atoms with van der Waals surface area (Å²) in [5, 5.41) is 0. The minimum absolute atomic E-state index is 0.287. The monoisotopic (exact) mass is 635 g/mol. The molecule has 6 heteroatoms. The highest BCUT2D eigenvalue weighted by molar-refractivity contribution is 14.1. The molecular weight excluding hydrogens is 616 g/mol. The number of cyclic esters (lactones) is 1. The van der Waals surface area contributed by atoms with Crippen molar-refractivity contribution in [3.05, 3.63) is 101 Å². The number of nitrogens with zero attached hydrogens (tertiary/aromatic N) is 1. The molecule has 0 radical (unpaired) electrons. The molecule has 4 rings (SSSR count). The van der Waals surface area contributed by atoms with E-state index in [2.05, 4.69) is 81.4 Å². The Kier molecular flexibility index (Phi) is 6.76. The van der Waals surface area contributed by atoms with Crippen LogP contribution in [0.3, 0.4) is 0 Å². The number of ether oxygens (including phenoxy) is 2. The zero-order chi connectivity index (χ0) is 22.0. The predicted octanol–water partition coefficient (Wildman–Crippen LogP) is 6.44. The Hall–Kier alpha value is -2.20. The van der Waals surface area contributed by atoms with Crippen LogP contribution >= 0.6 is 45.2 Å². The Morgan fingerprint density at radius 1 is 0.935 bits per heavy atom. The number of hydrogen-bond acceptors (Lipinski definition) is 4.